The van der Waals surface area contributed by atoms with E-state index in [0.29, 0.717) is 13.1 Å². The third kappa shape index (κ3) is 3.27. The van der Waals surface area contributed by atoms with Crippen molar-refractivity contribution in [3.05, 3.63) is 46.2 Å². The molecule has 0 aliphatic carbocycles. The van der Waals surface area contributed by atoms with Crippen molar-refractivity contribution < 1.29 is 4.79 Å². The zero-order valence-corrected chi connectivity index (χ0v) is 14.4. The second-order valence-corrected chi connectivity index (χ2v) is 6.60. The molecule has 0 atom stereocenters. The number of amides is 1. The predicted molar refractivity (Wildman–Crippen MR) is 92.7 cm³/mol. The van der Waals surface area contributed by atoms with Crippen molar-refractivity contribution in [2.24, 2.45) is 0 Å². The second-order valence-electron chi connectivity index (χ2n) is 5.66. The van der Waals surface area contributed by atoms with Gasteiger partial charge in [0.1, 0.15) is 12.4 Å². The maximum absolute atomic E-state index is 12.5. The normalized spacial score (nSPS) is 11.1. The number of thiazole rings is 1. The molecule has 2 aromatic heterocycles. The Hall–Kier alpha value is -2.21. The minimum absolute atomic E-state index is 0.0958. The highest BCUT2D eigenvalue weighted by molar-refractivity contribution is 7.09. The minimum atomic E-state index is 0.0958. The molecule has 5 nitrogen and oxygen atoms in total. The van der Waals surface area contributed by atoms with Gasteiger partial charge in [0.05, 0.1) is 22.2 Å². The predicted octanol–water partition coefficient (Wildman–Crippen LogP) is 2.81. The fraction of sp³-hybridized carbons (Fsp3) is 0.353. The number of aromatic nitrogens is 3. The molecule has 0 bridgehead atoms. The first-order valence-electron chi connectivity index (χ1n) is 7.61. The van der Waals surface area contributed by atoms with Gasteiger partial charge < -0.3 is 9.47 Å². The highest BCUT2D eigenvalue weighted by Crippen LogP contribution is 2.16. The van der Waals surface area contributed by atoms with Crippen LogP contribution in [-0.2, 0) is 17.8 Å². The quantitative estimate of drug-likeness (QED) is 0.724. The lowest BCUT2D eigenvalue weighted by Gasteiger charge is -2.18. The third-order valence-corrected chi connectivity index (χ3v) is 5.08. The van der Waals surface area contributed by atoms with E-state index < -0.39 is 0 Å². The summed E-state index contributed by atoms with van der Waals surface area (Å²) in [7, 11) is 1.85. The Bertz CT molecular complexity index is 836. The van der Waals surface area contributed by atoms with Gasteiger partial charge >= 0.3 is 0 Å². The average Bonchev–Trinajstić information content (AvgIpc) is 3.08. The van der Waals surface area contributed by atoms with E-state index in [4.69, 9.17) is 0 Å². The molecule has 0 N–H and O–H groups in total. The van der Waals surface area contributed by atoms with E-state index in [-0.39, 0.29) is 5.91 Å². The van der Waals surface area contributed by atoms with E-state index in [0.717, 1.165) is 29.0 Å². The molecule has 0 saturated heterocycles. The molecule has 23 heavy (non-hydrogen) atoms. The smallest absolute Gasteiger partial charge is 0.242 e. The molecule has 1 aromatic carbocycles. The van der Waals surface area contributed by atoms with Crippen molar-refractivity contribution in [3.63, 3.8) is 0 Å². The van der Waals surface area contributed by atoms with Crippen LogP contribution < -0.4 is 0 Å². The molecular weight excluding hydrogens is 308 g/mol. The van der Waals surface area contributed by atoms with Crippen LogP contribution in [0.5, 0.6) is 0 Å². The first-order valence-corrected chi connectivity index (χ1v) is 8.49. The number of fused-ring (bicyclic) bond motifs is 1. The summed E-state index contributed by atoms with van der Waals surface area (Å²) in [6.45, 7) is 4.97. The van der Waals surface area contributed by atoms with E-state index in [1.807, 2.05) is 55.2 Å². The largest absolute Gasteiger partial charge is 0.344 e. The minimum Gasteiger partial charge on any atom is -0.344 e. The highest BCUT2D eigenvalue weighted by atomic mass is 32.1. The van der Waals surface area contributed by atoms with Crippen LogP contribution in [0.15, 0.2) is 29.8 Å². The SMILES string of the molecule is Cc1ncsc1CCN(C)C(=O)Cn1c(C)nc2ccccc21. The number of carbonyl (C=O) groups excluding carboxylic acids is 1. The lowest BCUT2D eigenvalue weighted by Crippen LogP contribution is -2.32. The molecule has 3 rings (SSSR count). The van der Waals surface area contributed by atoms with Crippen molar-refractivity contribution in [2.75, 3.05) is 13.6 Å². The number of para-hydroxylation sites is 2. The zero-order chi connectivity index (χ0) is 16.4. The standard InChI is InChI=1S/C17H20N4OS/c1-12-16(23-11-18-12)8-9-20(3)17(22)10-21-13(2)19-14-6-4-5-7-15(14)21/h4-7,11H,8-10H2,1-3H3. The molecule has 0 aliphatic rings. The third-order valence-electron chi connectivity index (χ3n) is 4.08. The average molecular weight is 328 g/mol. The summed E-state index contributed by atoms with van der Waals surface area (Å²) in [4.78, 5) is 24.3. The Balaban J connectivity index is 1.68. The summed E-state index contributed by atoms with van der Waals surface area (Å²) in [5.41, 5.74) is 4.85. The van der Waals surface area contributed by atoms with Gasteiger partial charge in [-0.05, 0) is 26.0 Å². The van der Waals surface area contributed by atoms with E-state index in [9.17, 15) is 4.79 Å². The van der Waals surface area contributed by atoms with Crippen LogP contribution in [0.2, 0.25) is 0 Å². The summed E-state index contributed by atoms with van der Waals surface area (Å²) in [5.74, 6) is 0.963. The number of imidazole rings is 1. The van der Waals surface area contributed by atoms with E-state index in [1.54, 1.807) is 16.2 Å². The number of carbonyl (C=O) groups is 1. The molecule has 0 aliphatic heterocycles. The van der Waals surface area contributed by atoms with Crippen LogP contribution in [0.4, 0.5) is 0 Å². The van der Waals surface area contributed by atoms with Crippen molar-refractivity contribution >= 4 is 28.3 Å². The van der Waals surface area contributed by atoms with Gasteiger partial charge in [-0.15, -0.1) is 11.3 Å². The van der Waals surface area contributed by atoms with Gasteiger partial charge in [-0.1, -0.05) is 12.1 Å². The molecule has 0 unspecified atom stereocenters. The van der Waals surface area contributed by atoms with Crippen LogP contribution >= 0.6 is 11.3 Å². The second kappa shape index (κ2) is 6.50. The number of hydrogen-bond donors (Lipinski definition) is 0. The lowest BCUT2D eigenvalue weighted by atomic mass is 10.3. The van der Waals surface area contributed by atoms with Gasteiger partial charge in [0.25, 0.3) is 0 Å². The summed E-state index contributed by atoms with van der Waals surface area (Å²) in [5, 5.41) is 0. The van der Waals surface area contributed by atoms with Crippen LogP contribution in [0.1, 0.15) is 16.4 Å². The monoisotopic (exact) mass is 328 g/mol. The molecule has 6 heteroatoms. The van der Waals surface area contributed by atoms with E-state index in [2.05, 4.69) is 9.97 Å². The Kier molecular flexibility index (Phi) is 4.43. The number of likely N-dealkylation sites (N-methyl/N-ethyl adjacent to an activating group) is 1. The summed E-state index contributed by atoms with van der Waals surface area (Å²) >= 11 is 1.65. The highest BCUT2D eigenvalue weighted by Gasteiger charge is 2.14. The molecule has 0 spiro atoms. The van der Waals surface area contributed by atoms with Gasteiger partial charge in [0, 0.05) is 24.9 Å². The number of hydrogen-bond acceptors (Lipinski definition) is 4. The molecular formula is C17H20N4OS. The van der Waals surface area contributed by atoms with Gasteiger partial charge in [0.15, 0.2) is 0 Å². The lowest BCUT2D eigenvalue weighted by molar-refractivity contribution is -0.130. The first kappa shape index (κ1) is 15.7. The molecule has 0 radical (unpaired) electrons. The van der Waals surface area contributed by atoms with Gasteiger partial charge in [0.2, 0.25) is 5.91 Å². The molecule has 0 fully saturated rings. The summed E-state index contributed by atoms with van der Waals surface area (Å²) in [6.07, 6.45) is 0.850. The van der Waals surface area contributed by atoms with Crippen molar-refractivity contribution in [3.8, 4) is 0 Å². The molecule has 120 valence electrons. The van der Waals surface area contributed by atoms with Crippen molar-refractivity contribution in [1.29, 1.82) is 0 Å². The Morgan fingerprint density at radius 3 is 2.83 bits per heavy atom. The maximum atomic E-state index is 12.5. The number of benzene rings is 1. The number of rotatable bonds is 5. The van der Waals surface area contributed by atoms with Crippen molar-refractivity contribution in [1.82, 2.24) is 19.4 Å². The Labute approximate surface area is 139 Å². The van der Waals surface area contributed by atoms with Crippen LogP contribution in [0.25, 0.3) is 11.0 Å². The fourth-order valence-electron chi connectivity index (χ4n) is 2.61. The Morgan fingerprint density at radius 1 is 1.30 bits per heavy atom. The van der Waals surface area contributed by atoms with Crippen LogP contribution in [0, 0.1) is 13.8 Å². The maximum Gasteiger partial charge on any atom is 0.242 e. The van der Waals surface area contributed by atoms with Crippen LogP contribution in [0.3, 0.4) is 0 Å². The molecule has 0 saturated carbocycles. The van der Waals surface area contributed by atoms with E-state index in [1.165, 1.54) is 4.88 Å². The van der Waals surface area contributed by atoms with E-state index >= 15 is 0 Å². The van der Waals surface area contributed by atoms with Crippen LogP contribution in [-0.4, -0.2) is 38.9 Å². The number of aryl methyl sites for hydroxylation is 2. The fourth-order valence-corrected chi connectivity index (χ4v) is 3.38. The first-order chi connectivity index (χ1) is 11.1. The number of nitrogens with zero attached hydrogens (tertiary/aromatic N) is 4. The van der Waals surface area contributed by atoms with Gasteiger partial charge in [-0.3, -0.25) is 4.79 Å². The molecule has 3 aromatic rings. The Morgan fingerprint density at radius 2 is 2.09 bits per heavy atom. The molecule has 2 heterocycles. The van der Waals surface area contributed by atoms with Gasteiger partial charge in [-0.25, -0.2) is 9.97 Å². The zero-order valence-electron chi connectivity index (χ0n) is 13.6. The summed E-state index contributed by atoms with van der Waals surface area (Å²) < 4.78 is 1.98. The van der Waals surface area contributed by atoms with Gasteiger partial charge in [-0.2, -0.15) is 0 Å². The molecule has 1 amide bonds. The summed E-state index contributed by atoms with van der Waals surface area (Å²) in [6, 6.07) is 7.91. The topological polar surface area (TPSA) is 51.0 Å². The van der Waals surface area contributed by atoms with Crippen molar-refractivity contribution in [2.45, 2.75) is 26.8 Å².